The number of halogens is 1. The molecule has 1 aliphatic carbocycles. The lowest BCUT2D eigenvalue weighted by Gasteiger charge is -2.27. The molecule has 19 heavy (non-hydrogen) atoms. The van der Waals surface area contributed by atoms with Crippen molar-refractivity contribution < 1.29 is 0 Å². The molecule has 0 bridgehead atoms. The molecule has 106 valence electrons. The van der Waals surface area contributed by atoms with Crippen LogP contribution in [0.15, 0.2) is 12.3 Å². The number of hydrogen-bond acceptors (Lipinski definition) is 3. The molecule has 1 fully saturated rings. The maximum absolute atomic E-state index is 6.22. The second-order valence-corrected chi connectivity index (χ2v) is 7.11. The number of rotatable bonds is 5. The highest BCUT2D eigenvalue weighted by molar-refractivity contribution is 6.31. The summed E-state index contributed by atoms with van der Waals surface area (Å²) in [5, 5.41) is 4.25. The van der Waals surface area contributed by atoms with Crippen LogP contribution in [0.1, 0.15) is 39.2 Å². The molecule has 1 N–H and O–H groups in total. The van der Waals surface area contributed by atoms with E-state index in [1.54, 1.807) is 6.20 Å². The Morgan fingerprint density at radius 1 is 1.42 bits per heavy atom. The van der Waals surface area contributed by atoms with Crippen LogP contribution in [0.5, 0.6) is 0 Å². The maximum atomic E-state index is 6.22. The Kier molecular flexibility index (Phi) is 4.36. The largest absolute Gasteiger partial charge is 0.359 e. The van der Waals surface area contributed by atoms with Gasteiger partial charge in [0.2, 0.25) is 0 Å². The standard InChI is InChI=1S/C15H24ClN3/c1-15(2,3)10-19(4)14-7-11(13(16)9-18-14)8-17-12-5-6-12/h7,9,12,17H,5-6,8,10H2,1-4H3. The first-order valence-electron chi connectivity index (χ1n) is 6.94. The van der Waals surface area contributed by atoms with Gasteiger partial charge in [-0.3, -0.25) is 0 Å². The van der Waals surface area contributed by atoms with Crippen LogP contribution in [0.3, 0.4) is 0 Å². The summed E-state index contributed by atoms with van der Waals surface area (Å²) in [4.78, 5) is 6.62. The molecule has 0 aromatic carbocycles. The SMILES string of the molecule is CN(CC(C)(C)C)c1cc(CNC2CC2)c(Cl)cn1. The van der Waals surface area contributed by atoms with Crippen LogP contribution in [0.2, 0.25) is 5.02 Å². The minimum Gasteiger partial charge on any atom is -0.359 e. The average molecular weight is 282 g/mol. The van der Waals surface area contributed by atoms with Crippen LogP contribution in [0.25, 0.3) is 0 Å². The molecular formula is C15H24ClN3. The number of aromatic nitrogens is 1. The van der Waals surface area contributed by atoms with E-state index in [-0.39, 0.29) is 5.41 Å². The third-order valence-corrected chi connectivity index (χ3v) is 3.52. The first kappa shape index (κ1) is 14.6. The Morgan fingerprint density at radius 2 is 2.11 bits per heavy atom. The molecule has 1 saturated carbocycles. The average Bonchev–Trinajstić information content (AvgIpc) is 3.09. The summed E-state index contributed by atoms with van der Waals surface area (Å²) in [5.74, 6) is 0.993. The van der Waals surface area contributed by atoms with Gasteiger partial charge >= 0.3 is 0 Å². The van der Waals surface area contributed by atoms with Gasteiger partial charge in [-0.25, -0.2) is 4.98 Å². The van der Waals surface area contributed by atoms with Gasteiger partial charge in [0.15, 0.2) is 0 Å². The highest BCUT2D eigenvalue weighted by Gasteiger charge is 2.21. The molecule has 1 aliphatic rings. The van der Waals surface area contributed by atoms with Crippen molar-refractivity contribution in [2.75, 3.05) is 18.5 Å². The van der Waals surface area contributed by atoms with Gasteiger partial charge in [0.1, 0.15) is 5.82 Å². The molecule has 4 heteroatoms. The van der Waals surface area contributed by atoms with Crippen molar-refractivity contribution >= 4 is 17.4 Å². The number of hydrogen-bond donors (Lipinski definition) is 1. The lowest BCUT2D eigenvalue weighted by molar-refractivity contribution is 0.418. The molecule has 0 spiro atoms. The van der Waals surface area contributed by atoms with Crippen LogP contribution in [-0.4, -0.2) is 24.6 Å². The first-order chi connectivity index (χ1) is 8.85. The smallest absolute Gasteiger partial charge is 0.128 e. The van der Waals surface area contributed by atoms with E-state index in [0.717, 1.165) is 29.5 Å². The van der Waals surface area contributed by atoms with Crippen molar-refractivity contribution in [2.45, 2.75) is 46.2 Å². The number of anilines is 1. The van der Waals surface area contributed by atoms with E-state index in [1.165, 1.54) is 12.8 Å². The fourth-order valence-corrected chi connectivity index (χ4v) is 2.32. The maximum Gasteiger partial charge on any atom is 0.128 e. The van der Waals surface area contributed by atoms with Gasteiger partial charge in [-0.05, 0) is 29.9 Å². The third kappa shape index (κ3) is 4.66. The molecule has 0 unspecified atom stereocenters. The third-order valence-electron chi connectivity index (χ3n) is 3.18. The molecule has 0 saturated heterocycles. The summed E-state index contributed by atoms with van der Waals surface area (Å²) in [6.45, 7) is 8.50. The second kappa shape index (κ2) is 5.68. The summed E-state index contributed by atoms with van der Waals surface area (Å²) >= 11 is 6.22. The highest BCUT2D eigenvalue weighted by Crippen LogP contribution is 2.24. The Hall–Kier alpha value is -0.800. The molecule has 0 atom stereocenters. The van der Waals surface area contributed by atoms with Crippen LogP contribution in [-0.2, 0) is 6.54 Å². The van der Waals surface area contributed by atoms with Gasteiger partial charge in [0, 0.05) is 32.4 Å². The fraction of sp³-hybridized carbons (Fsp3) is 0.667. The van der Waals surface area contributed by atoms with E-state index in [0.29, 0.717) is 6.04 Å². The van der Waals surface area contributed by atoms with Gasteiger partial charge < -0.3 is 10.2 Å². The predicted octanol–water partition coefficient (Wildman–Crippen LogP) is 3.47. The Morgan fingerprint density at radius 3 is 2.68 bits per heavy atom. The van der Waals surface area contributed by atoms with E-state index in [4.69, 9.17) is 11.6 Å². The minimum absolute atomic E-state index is 0.252. The van der Waals surface area contributed by atoms with Gasteiger partial charge in [-0.2, -0.15) is 0 Å². The van der Waals surface area contributed by atoms with Gasteiger partial charge in [-0.1, -0.05) is 32.4 Å². The fourth-order valence-electron chi connectivity index (χ4n) is 2.15. The van der Waals surface area contributed by atoms with Crippen LogP contribution in [0.4, 0.5) is 5.82 Å². The van der Waals surface area contributed by atoms with E-state index in [2.05, 4.69) is 49.1 Å². The number of nitrogens with zero attached hydrogens (tertiary/aromatic N) is 2. The van der Waals surface area contributed by atoms with Gasteiger partial charge in [0.25, 0.3) is 0 Å². The topological polar surface area (TPSA) is 28.2 Å². The molecule has 2 rings (SSSR count). The van der Waals surface area contributed by atoms with E-state index >= 15 is 0 Å². The summed E-state index contributed by atoms with van der Waals surface area (Å²) < 4.78 is 0. The van der Waals surface area contributed by atoms with Crippen molar-refractivity contribution in [3.05, 3.63) is 22.8 Å². The molecular weight excluding hydrogens is 258 g/mol. The summed E-state index contributed by atoms with van der Waals surface area (Å²) in [5.41, 5.74) is 1.39. The van der Waals surface area contributed by atoms with Crippen molar-refractivity contribution in [1.29, 1.82) is 0 Å². The van der Waals surface area contributed by atoms with Crippen LogP contribution in [0, 0.1) is 5.41 Å². The first-order valence-corrected chi connectivity index (χ1v) is 7.32. The number of pyridine rings is 1. The molecule has 1 aromatic heterocycles. The lowest BCUT2D eigenvalue weighted by atomic mass is 9.96. The minimum atomic E-state index is 0.252. The Bertz CT molecular complexity index is 436. The predicted molar refractivity (Wildman–Crippen MR) is 81.8 cm³/mol. The van der Waals surface area contributed by atoms with Gasteiger partial charge in [0.05, 0.1) is 5.02 Å². The van der Waals surface area contributed by atoms with Crippen LogP contribution >= 0.6 is 11.6 Å². The summed E-state index contributed by atoms with van der Waals surface area (Å²) in [6, 6.07) is 2.80. The van der Waals surface area contributed by atoms with Crippen LogP contribution < -0.4 is 10.2 Å². The zero-order chi connectivity index (χ0) is 14.0. The van der Waals surface area contributed by atoms with Crippen molar-refractivity contribution in [1.82, 2.24) is 10.3 Å². The zero-order valence-corrected chi connectivity index (χ0v) is 13.1. The highest BCUT2D eigenvalue weighted by atomic mass is 35.5. The molecule has 0 radical (unpaired) electrons. The Labute approximate surface area is 121 Å². The van der Waals surface area contributed by atoms with E-state index < -0.39 is 0 Å². The Balaban J connectivity index is 2.05. The van der Waals surface area contributed by atoms with E-state index in [9.17, 15) is 0 Å². The molecule has 3 nitrogen and oxygen atoms in total. The zero-order valence-electron chi connectivity index (χ0n) is 12.3. The monoisotopic (exact) mass is 281 g/mol. The second-order valence-electron chi connectivity index (χ2n) is 6.71. The summed E-state index contributed by atoms with van der Waals surface area (Å²) in [6.07, 6.45) is 4.35. The number of nitrogens with one attached hydrogen (secondary N) is 1. The summed E-state index contributed by atoms with van der Waals surface area (Å²) in [7, 11) is 2.08. The van der Waals surface area contributed by atoms with Crippen molar-refractivity contribution in [3.63, 3.8) is 0 Å². The molecule has 0 aliphatic heterocycles. The molecule has 0 amide bonds. The molecule has 1 heterocycles. The quantitative estimate of drug-likeness (QED) is 0.896. The van der Waals surface area contributed by atoms with Crippen molar-refractivity contribution in [2.24, 2.45) is 5.41 Å². The van der Waals surface area contributed by atoms with Crippen molar-refractivity contribution in [3.8, 4) is 0 Å². The molecule has 1 aromatic rings. The lowest BCUT2D eigenvalue weighted by Crippen LogP contribution is -2.29. The van der Waals surface area contributed by atoms with Gasteiger partial charge in [-0.15, -0.1) is 0 Å². The van der Waals surface area contributed by atoms with E-state index in [1.807, 2.05) is 0 Å². The normalized spacial score (nSPS) is 15.6.